The van der Waals surface area contributed by atoms with E-state index >= 15 is 0 Å². The van der Waals surface area contributed by atoms with Crippen LogP contribution in [0.2, 0.25) is 0 Å². The molecule has 2 heteroatoms. The Balaban J connectivity index is 2.05. The van der Waals surface area contributed by atoms with Gasteiger partial charge >= 0.3 is 0 Å². The van der Waals surface area contributed by atoms with Crippen LogP contribution in [0.25, 0.3) is 0 Å². The fourth-order valence-corrected chi connectivity index (χ4v) is 2.98. The topological polar surface area (TPSA) is 15.3 Å². The SMILES string of the molecule is CCCCC(CC)NCCCN1CCCCC1C. The first-order valence-electron chi connectivity index (χ1n) is 8.25. The van der Waals surface area contributed by atoms with Crippen LogP contribution in [0.1, 0.15) is 72.1 Å². The highest BCUT2D eigenvalue weighted by Crippen LogP contribution is 2.16. The largest absolute Gasteiger partial charge is 0.314 e. The Morgan fingerprint density at radius 2 is 2.06 bits per heavy atom. The molecule has 0 saturated carbocycles. The third-order valence-electron chi connectivity index (χ3n) is 4.39. The highest BCUT2D eigenvalue weighted by atomic mass is 15.2. The fourth-order valence-electron chi connectivity index (χ4n) is 2.98. The Kier molecular flexibility index (Phi) is 8.70. The number of hydrogen-bond donors (Lipinski definition) is 1. The minimum Gasteiger partial charge on any atom is -0.314 e. The molecule has 1 saturated heterocycles. The molecule has 2 nitrogen and oxygen atoms in total. The summed E-state index contributed by atoms with van der Waals surface area (Å²) in [4.78, 5) is 2.68. The number of rotatable bonds is 9. The van der Waals surface area contributed by atoms with E-state index < -0.39 is 0 Å². The van der Waals surface area contributed by atoms with Crippen LogP contribution in [0, 0.1) is 0 Å². The zero-order valence-electron chi connectivity index (χ0n) is 12.9. The highest BCUT2D eigenvalue weighted by molar-refractivity contribution is 4.73. The van der Waals surface area contributed by atoms with Gasteiger partial charge in [0.15, 0.2) is 0 Å². The van der Waals surface area contributed by atoms with Crippen LogP contribution in [0.3, 0.4) is 0 Å². The average molecular weight is 254 g/mol. The van der Waals surface area contributed by atoms with Crippen molar-refractivity contribution < 1.29 is 0 Å². The van der Waals surface area contributed by atoms with Crippen LogP contribution >= 0.6 is 0 Å². The molecule has 0 amide bonds. The minimum absolute atomic E-state index is 0.753. The molecule has 2 atom stereocenters. The lowest BCUT2D eigenvalue weighted by Crippen LogP contribution is -2.39. The van der Waals surface area contributed by atoms with Crippen LogP contribution < -0.4 is 5.32 Å². The molecule has 18 heavy (non-hydrogen) atoms. The summed E-state index contributed by atoms with van der Waals surface area (Å²) in [6.45, 7) is 10.8. The lowest BCUT2D eigenvalue weighted by atomic mass is 10.0. The van der Waals surface area contributed by atoms with Crippen molar-refractivity contribution in [3.05, 3.63) is 0 Å². The molecule has 1 heterocycles. The van der Waals surface area contributed by atoms with Crippen LogP contribution in [0.15, 0.2) is 0 Å². The fraction of sp³-hybridized carbons (Fsp3) is 1.00. The van der Waals surface area contributed by atoms with Gasteiger partial charge < -0.3 is 10.2 Å². The Hall–Kier alpha value is -0.0800. The molecule has 1 aliphatic rings. The second-order valence-electron chi connectivity index (χ2n) is 5.94. The van der Waals surface area contributed by atoms with E-state index in [1.807, 2.05) is 0 Å². The molecule has 2 unspecified atom stereocenters. The predicted octanol–water partition coefficient (Wildman–Crippen LogP) is 3.81. The van der Waals surface area contributed by atoms with Crippen LogP contribution in [-0.2, 0) is 0 Å². The van der Waals surface area contributed by atoms with E-state index in [2.05, 4.69) is 31.0 Å². The van der Waals surface area contributed by atoms with Crippen molar-refractivity contribution in [1.82, 2.24) is 10.2 Å². The quantitative estimate of drug-likeness (QED) is 0.629. The van der Waals surface area contributed by atoms with Gasteiger partial charge in [-0.2, -0.15) is 0 Å². The Bertz CT molecular complexity index is 194. The normalized spacial score (nSPS) is 23.2. The molecule has 1 N–H and O–H groups in total. The monoisotopic (exact) mass is 254 g/mol. The van der Waals surface area contributed by atoms with Gasteiger partial charge in [0.1, 0.15) is 0 Å². The minimum atomic E-state index is 0.753. The third kappa shape index (κ3) is 6.19. The van der Waals surface area contributed by atoms with Gasteiger partial charge in [-0.3, -0.25) is 0 Å². The third-order valence-corrected chi connectivity index (χ3v) is 4.39. The molecular formula is C16H34N2. The van der Waals surface area contributed by atoms with Crippen molar-refractivity contribution in [2.45, 2.75) is 84.2 Å². The summed E-state index contributed by atoms with van der Waals surface area (Å²) in [6.07, 6.45) is 10.9. The average Bonchev–Trinajstić information content (AvgIpc) is 2.40. The molecule has 0 aromatic carbocycles. The van der Waals surface area contributed by atoms with E-state index in [0.29, 0.717) is 0 Å². The predicted molar refractivity (Wildman–Crippen MR) is 81.1 cm³/mol. The summed E-state index contributed by atoms with van der Waals surface area (Å²) < 4.78 is 0. The maximum atomic E-state index is 3.73. The summed E-state index contributed by atoms with van der Waals surface area (Å²) in [5.41, 5.74) is 0. The molecule has 1 aliphatic heterocycles. The van der Waals surface area contributed by atoms with Gasteiger partial charge in [-0.05, 0) is 58.7 Å². The maximum absolute atomic E-state index is 3.73. The first-order chi connectivity index (χ1) is 8.77. The Morgan fingerprint density at radius 3 is 2.72 bits per heavy atom. The Labute approximate surface area is 115 Å². The number of nitrogens with zero attached hydrogens (tertiary/aromatic N) is 1. The summed E-state index contributed by atoms with van der Waals surface area (Å²) in [5, 5.41) is 3.73. The number of likely N-dealkylation sites (tertiary alicyclic amines) is 1. The van der Waals surface area contributed by atoms with Crippen molar-refractivity contribution in [3.63, 3.8) is 0 Å². The first-order valence-corrected chi connectivity index (χ1v) is 8.25. The second kappa shape index (κ2) is 9.80. The molecular weight excluding hydrogens is 220 g/mol. The number of hydrogen-bond acceptors (Lipinski definition) is 2. The molecule has 0 aromatic rings. The van der Waals surface area contributed by atoms with E-state index in [1.54, 1.807) is 0 Å². The van der Waals surface area contributed by atoms with Gasteiger partial charge in [-0.15, -0.1) is 0 Å². The summed E-state index contributed by atoms with van der Waals surface area (Å²) in [5.74, 6) is 0. The number of piperidine rings is 1. The standard InChI is InChI=1S/C16H34N2/c1-4-6-11-16(5-2)17-12-9-14-18-13-8-7-10-15(18)3/h15-17H,4-14H2,1-3H3. The Morgan fingerprint density at radius 1 is 1.22 bits per heavy atom. The molecule has 108 valence electrons. The van der Waals surface area contributed by atoms with E-state index in [4.69, 9.17) is 0 Å². The van der Waals surface area contributed by atoms with E-state index in [9.17, 15) is 0 Å². The van der Waals surface area contributed by atoms with Gasteiger partial charge in [0, 0.05) is 12.1 Å². The molecule has 0 radical (unpaired) electrons. The van der Waals surface area contributed by atoms with Crippen LogP contribution in [-0.4, -0.2) is 36.6 Å². The smallest absolute Gasteiger partial charge is 0.00669 e. The number of nitrogens with one attached hydrogen (secondary N) is 1. The summed E-state index contributed by atoms with van der Waals surface area (Å²) in [6, 6.07) is 1.57. The van der Waals surface area contributed by atoms with Gasteiger partial charge in [0.05, 0.1) is 0 Å². The van der Waals surface area contributed by atoms with Crippen LogP contribution in [0.4, 0.5) is 0 Å². The van der Waals surface area contributed by atoms with Gasteiger partial charge in [-0.1, -0.05) is 33.1 Å². The molecule has 0 bridgehead atoms. The van der Waals surface area contributed by atoms with Crippen molar-refractivity contribution in [1.29, 1.82) is 0 Å². The molecule has 1 rings (SSSR count). The molecule has 1 fully saturated rings. The van der Waals surface area contributed by atoms with Crippen molar-refractivity contribution in [2.75, 3.05) is 19.6 Å². The van der Waals surface area contributed by atoms with Gasteiger partial charge in [-0.25, -0.2) is 0 Å². The maximum Gasteiger partial charge on any atom is 0.00669 e. The van der Waals surface area contributed by atoms with Crippen molar-refractivity contribution in [3.8, 4) is 0 Å². The van der Waals surface area contributed by atoms with Crippen LogP contribution in [0.5, 0.6) is 0 Å². The number of unbranched alkanes of at least 4 members (excludes halogenated alkanes) is 1. The van der Waals surface area contributed by atoms with E-state index in [-0.39, 0.29) is 0 Å². The molecule has 0 aliphatic carbocycles. The molecule has 0 aromatic heterocycles. The highest BCUT2D eigenvalue weighted by Gasteiger charge is 2.17. The lowest BCUT2D eigenvalue weighted by molar-refractivity contribution is 0.158. The zero-order chi connectivity index (χ0) is 13.2. The molecule has 0 spiro atoms. The van der Waals surface area contributed by atoms with E-state index in [0.717, 1.165) is 12.1 Å². The van der Waals surface area contributed by atoms with E-state index in [1.165, 1.54) is 71.0 Å². The van der Waals surface area contributed by atoms with Crippen molar-refractivity contribution in [2.24, 2.45) is 0 Å². The van der Waals surface area contributed by atoms with Crippen molar-refractivity contribution >= 4 is 0 Å². The van der Waals surface area contributed by atoms with Gasteiger partial charge in [0.2, 0.25) is 0 Å². The lowest BCUT2D eigenvalue weighted by Gasteiger charge is -2.33. The first kappa shape index (κ1) is 16.0. The summed E-state index contributed by atoms with van der Waals surface area (Å²) >= 11 is 0. The zero-order valence-corrected chi connectivity index (χ0v) is 12.9. The van der Waals surface area contributed by atoms with Gasteiger partial charge in [0.25, 0.3) is 0 Å². The summed E-state index contributed by atoms with van der Waals surface area (Å²) in [7, 11) is 0. The second-order valence-corrected chi connectivity index (χ2v) is 5.94.